The van der Waals surface area contributed by atoms with Gasteiger partial charge in [-0.1, -0.05) is 24.3 Å². The van der Waals surface area contributed by atoms with Crippen LogP contribution in [0.1, 0.15) is 58.8 Å². The van der Waals surface area contributed by atoms with Gasteiger partial charge in [-0.05, 0) is 73.4 Å². The summed E-state index contributed by atoms with van der Waals surface area (Å²) in [6.07, 6.45) is 7.21. The molecular weight excluding hydrogens is 384 g/mol. The Hall–Kier alpha value is -2.34. The SMILES string of the molecule is CS(=O)(=O)N1CCc2cc(C(=O)N(C3CC3)C3CCCc4ccccc43)ccc21. The van der Waals surface area contributed by atoms with Gasteiger partial charge < -0.3 is 4.90 Å². The fourth-order valence-electron chi connectivity index (χ4n) is 4.93. The monoisotopic (exact) mass is 410 g/mol. The molecule has 3 aliphatic rings. The Morgan fingerprint density at radius 3 is 2.59 bits per heavy atom. The second kappa shape index (κ2) is 6.87. The van der Waals surface area contributed by atoms with Crippen LogP contribution in [0.4, 0.5) is 5.69 Å². The summed E-state index contributed by atoms with van der Waals surface area (Å²) in [5.41, 5.74) is 4.99. The number of carbonyl (C=O) groups is 1. The lowest BCUT2D eigenvalue weighted by Crippen LogP contribution is -2.38. The molecule has 1 unspecified atom stereocenters. The summed E-state index contributed by atoms with van der Waals surface area (Å²) < 4.78 is 25.4. The molecule has 0 spiro atoms. The molecular formula is C23H26N2O3S. The van der Waals surface area contributed by atoms with Gasteiger partial charge in [-0.3, -0.25) is 9.10 Å². The molecule has 1 fully saturated rings. The van der Waals surface area contributed by atoms with Crippen molar-refractivity contribution in [2.45, 2.75) is 50.6 Å². The van der Waals surface area contributed by atoms with Crippen LogP contribution in [0.3, 0.4) is 0 Å². The van der Waals surface area contributed by atoms with Crippen LogP contribution >= 0.6 is 0 Å². The van der Waals surface area contributed by atoms with E-state index in [-0.39, 0.29) is 11.9 Å². The Balaban J connectivity index is 1.48. The summed E-state index contributed by atoms with van der Waals surface area (Å²) in [4.78, 5) is 15.7. The molecule has 2 aliphatic carbocycles. The molecule has 2 aromatic carbocycles. The van der Waals surface area contributed by atoms with Crippen LogP contribution in [0.15, 0.2) is 42.5 Å². The Labute approximate surface area is 172 Å². The van der Waals surface area contributed by atoms with Gasteiger partial charge in [-0.2, -0.15) is 0 Å². The van der Waals surface area contributed by atoms with Crippen molar-refractivity contribution < 1.29 is 13.2 Å². The maximum atomic E-state index is 13.6. The van der Waals surface area contributed by atoms with Gasteiger partial charge in [-0.25, -0.2) is 8.42 Å². The van der Waals surface area contributed by atoms with Crippen molar-refractivity contribution in [2.75, 3.05) is 17.1 Å². The molecule has 1 amide bonds. The summed E-state index contributed by atoms with van der Waals surface area (Å²) in [5.74, 6) is 0.0785. The smallest absolute Gasteiger partial charge is 0.254 e. The molecule has 1 aliphatic heterocycles. The third-order valence-corrected chi connectivity index (χ3v) is 7.61. The van der Waals surface area contributed by atoms with E-state index in [9.17, 15) is 13.2 Å². The van der Waals surface area contributed by atoms with Crippen molar-refractivity contribution in [3.8, 4) is 0 Å². The third kappa shape index (κ3) is 3.33. The van der Waals surface area contributed by atoms with Crippen LogP contribution in [0.5, 0.6) is 0 Å². The molecule has 2 aromatic rings. The second-order valence-electron chi connectivity index (χ2n) is 8.48. The van der Waals surface area contributed by atoms with Gasteiger partial charge in [0.1, 0.15) is 0 Å². The lowest BCUT2D eigenvalue weighted by molar-refractivity contribution is 0.0638. The van der Waals surface area contributed by atoms with E-state index in [0.29, 0.717) is 30.3 Å². The van der Waals surface area contributed by atoms with Crippen LogP contribution in [-0.2, 0) is 22.9 Å². The molecule has 0 radical (unpaired) electrons. The zero-order chi connectivity index (χ0) is 20.2. The first-order chi connectivity index (χ1) is 13.9. The number of nitrogens with zero attached hydrogens (tertiary/aromatic N) is 2. The maximum Gasteiger partial charge on any atom is 0.254 e. The van der Waals surface area contributed by atoms with E-state index in [0.717, 1.165) is 37.7 Å². The minimum Gasteiger partial charge on any atom is -0.329 e. The van der Waals surface area contributed by atoms with Crippen molar-refractivity contribution in [1.82, 2.24) is 4.90 Å². The Morgan fingerprint density at radius 2 is 1.83 bits per heavy atom. The molecule has 0 saturated heterocycles. The number of fused-ring (bicyclic) bond motifs is 2. The Bertz CT molecular complexity index is 1080. The number of rotatable bonds is 4. The van der Waals surface area contributed by atoms with Gasteiger partial charge in [0, 0.05) is 18.2 Å². The highest BCUT2D eigenvalue weighted by Crippen LogP contribution is 2.42. The number of benzene rings is 2. The fourth-order valence-corrected chi connectivity index (χ4v) is 5.89. The van der Waals surface area contributed by atoms with Crippen LogP contribution < -0.4 is 4.31 Å². The first kappa shape index (κ1) is 18.7. The highest BCUT2D eigenvalue weighted by atomic mass is 32.2. The first-order valence-corrected chi connectivity index (χ1v) is 12.3. The van der Waals surface area contributed by atoms with Crippen LogP contribution in [0.25, 0.3) is 0 Å². The summed E-state index contributed by atoms with van der Waals surface area (Å²) in [6, 6.07) is 14.5. The highest BCUT2D eigenvalue weighted by Gasteiger charge is 2.40. The van der Waals surface area contributed by atoms with E-state index in [1.54, 1.807) is 12.1 Å². The molecule has 6 heteroatoms. The minimum atomic E-state index is -3.28. The molecule has 1 atom stereocenters. The van der Waals surface area contributed by atoms with Gasteiger partial charge in [0.15, 0.2) is 0 Å². The van der Waals surface area contributed by atoms with E-state index in [2.05, 4.69) is 29.2 Å². The Kier molecular flexibility index (Phi) is 4.42. The molecule has 0 bridgehead atoms. The second-order valence-corrected chi connectivity index (χ2v) is 10.4. The number of anilines is 1. The van der Waals surface area contributed by atoms with Crippen molar-refractivity contribution in [3.05, 3.63) is 64.7 Å². The van der Waals surface area contributed by atoms with Crippen LogP contribution in [0, 0.1) is 0 Å². The third-order valence-electron chi connectivity index (χ3n) is 6.43. The minimum absolute atomic E-state index is 0.0785. The lowest BCUT2D eigenvalue weighted by Gasteiger charge is -2.36. The molecule has 5 nitrogen and oxygen atoms in total. The van der Waals surface area contributed by atoms with Gasteiger partial charge in [0.25, 0.3) is 5.91 Å². The van der Waals surface area contributed by atoms with E-state index < -0.39 is 10.0 Å². The van der Waals surface area contributed by atoms with E-state index in [1.165, 1.54) is 21.7 Å². The molecule has 5 rings (SSSR count). The van der Waals surface area contributed by atoms with Gasteiger partial charge >= 0.3 is 0 Å². The molecule has 1 heterocycles. The summed E-state index contributed by atoms with van der Waals surface area (Å²) in [7, 11) is -3.28. The number of aryl methyl sites for hydroxylation is 1. The predicted molar refractivity (Wildman–Crippen MR) is 114 cm³/mol. The zero-order valence-corrected chi connectivity index (χ0v) is 17.5. The topological polar surface area (TPSA) is 57.7 Å². The van der Waals surface area contributed by atoms with Gasteiger partial charge in [0.05, 0.1) is 18.0 Å². The maximum absolute atomic E-state index is 13.6. The molecule has 1 saturated carbocycles. The number of hydrogen-bond donors (Lipinski definition) is 0. The van der Waals surface area contributed by atoms with Crippen molar-refractivity contribution in [1.29, 1.82) is 0 Å². The molecule has 0 N–H and O–H groups in total. The number of hydrogen-bond acceptors (Lipinski definition) is 3. The van der Waals surface area contributed by atoms with Crippen molar-refractivity contribution in [2.24, 2.45) is 0 Å². The fraction of sp³-hybridized carbons (Fsp3) is 0.435. The largest absolute Gasteiger partial charge is 0.329 e. The number of carbonyl (C=O) groups excluding carboxylic acids is 1. The highest BCUT2D eigenvalue weighted by molar-refractivity contribution is 7.92. The molecule has 0 aromatic heterocycles. The molecule has 29 heavy (non-hydrogen) atoms. The average molecular weight is 411 g/mol. The zero-order valence-electron chi connectivity index (χ0n) is 16.7. The predicted octanol–water partition coefficient (Wildman–Crippen LogP) is 3.69. The van der Waals surface area contributed by atoms with E-state index in [1.807, 2.05) is 6.07 Å². The first-order valence-electron chi connectivity index (χ1n) is 10.4. The quantitative estimate of drug-likeness (QED) is 0.772. The normalized spacial score (nSPS) is 20.9. The lowest BCUT2D eigenvalue weighted by atomic mass is 9.86. The standard InChI is InChI=1S/C23H26N2O3S/c1-29(27,28)24-14-13-17-15-18(9-12-21(17)24)23(26)25(19-10-11-19)22-8-4-6-16-5-2-3-7-20(16)22/h2-3,5,7,9,12,15,19,22H,4,6,8,10-11,13-14H2,1H3. The van der Waals surface area contributed by atoms with Gasteiger partial charge in [-0.15, -0.1) is 0 Å². The average Bonchev–Trinajstić information content (AvgIpc) is 3.44. The van der Waals surface area contributed by atoms with Crippen LogP contribution in [-0.4, -0.2) is 38.1 Å². The summed E-state index contributed by atoms with van der Waals surface area (Å²) >= 11 is 0. The van der Waals surface area contributed by atoms with Crippen molar-refractivity contribution in [3.63, 3.8) is 0 Å². The Morgan fingerprint density at radius 1 is 1.03 bits per heavy atom. The van der Waals surface area contributed by atoms with E-state index >= 15 is 0 Å². The van der Waals surface area contributed by atoms with Gasteiger partial charge in [0.2, 0.25) is 10.0 Å². The molecule has 152 valence electrons. The summed E-state index contributed by atoms with van der Waals surface area (Å²) in [5, 5.41) is 0. The van der Waals surface area contributed by atoms with E-state index in [4.69, 9.17) is 0 Å². The van der Waals surface area contributed by atoms with Crippen molar-refractivity contribution >= 4 is 21.6 Å². The summed E-state index contributed by atoms with van der Waals surface area (Å²) in [6.45, 7) is 0.453. The number of amides is 1. The number of sulfonamides is 1. The van der Waals surface area contributed by atoms with Crippen LogP contribution in [0.2, 0.25) is 0 Å².